The van der Waals surface area contributed by atoms with E-state index in [4.69, 9.17) is 27.9 Å². The van der Waals surface area contributed by atoms with Crippen LogP contribution in [0.2, 0.25) is 10.0 Å². The number of rotatable bonds is 9. The quantitative estimate of drug-likeness (QED) is 0.371. The molecule has 0 saturated carbocycles. The second-order valence-corrected chi connectivity index (χ2v) is 11.6. The van der Waals surface area contributed by atoms with Crippen LogP contribution in [0.5, 0.6) is 0 Å². The van der Waals surface area contributed by atoms with Gasteiger partial charge < -0.3 is 15.4 Å². The molecule has 11 heteroatoms. The summed E-state index contributed by atoms with van der Waals surface area (Å²) >= 11 is 12.5. The highest BCUT2D eigenvalue weighted by Crippen LogP contribution is 2.33. The number of carbonyl (C=O) groups is 2. The van der Waals surface area contributed by atoms with E-state index in [1.165, 1.54) is 30.3 Å². The van der Waals surface area contributed by atoms with Crippen LogP contribution in [0.1, 0.15) is 28.8 Å². The van der Waals surface area contributed by atoms with Gasteiger partial charge in [0.15, 0.2) is 0 Å². The molecule has 1 aliphatic heterocycles. The van der Waals surface area contributed by atoms with E-state index in [2.05, 4.69) is 10.6 Å². The van der Waals surface area contributed by atoms with Crippen molar-refractivity contribution in [2.45, 2.75) is 30.8 Å². The molecule has 1 saturated heterocycles. The molecule has 8 nitrogen and oxygen atoms in total. The van der Waals surface area contributed by atoms with E-state index in [9.17, 15) is 18.0 Å². The second-order valence-electron chi connectivity index (χ2n) is 8.86. The van der Waals surface area contributed by atoms with Crippen molar-refractivity contribution in [1.29, 1.82) is 0 Å². The standard InChI is InChI=1S/C27H27Cl2N3O5S/c1-18-8-11-21(12-9-18)38(35,36)32(25-15-19(28)10-13-23(25)29)17-26(33)31-24-7-3-2-6-22(24)27(34)30-16-20-5-4-14-37-20/h2-3,6-13,15,20H,4-5,14,16-17H2,1H3,(H,30,34)(H,31,33)/t20-/m1/s1. The number of halogens is 2. The number of nitrogens with zero attached hydrogens (tertiary/aromatic N) is 1. The summed E-state index contributed by atoms with van der Waals surface area (Å²) in [5, 5.41) is 5.86. The van der Waals surface area contributed by atoms with Crippen molar-refractivity contribution in [3.8, 4) is 0 Å². The third-order valence-corrected chi connectivity index (χ3v) is 8.36. The van der Waals surface area contributed by atoms with Gasteiger partial charge in [0.1, 0.15) is 6.54 Å². The van der Waals surface area contributed by atoms with Crippen LogP contribution in [0.3, 0.4) is 0 Å². The van der Waals surface area contributed by atoms with E-state index >= 15 is 0 Å². The third kappa shape index (κ3) is 6.66. The molecule has 2 N–H and O–H groups in total. The molecule has 0 bridgehead atoms. The highest BCUT2D eigenvalue weighted by molar-refractivity contribution is 7.92. The largest absolute Gasteiger partial charge is 0.376 e. The monoisotopic (exact) mass is 575 g/mol. The first-order valence-corrected chi connectivity index (χ1v) is 14.2. The average molecular weight is 577 g/mol. The highest BCUT2D eigenvalue weighted by Gasteiger charge is 2.29. The van der Waals surface area contributed by atoms with Crippen LogP contribution in [0, 0.1) is 6.92 Å². The molecule has 0 aromatic heterocycles. The van der Waals surface area contributed by atoms with E-state index in [1.54, 1.807) is 36.4 Å². The van der Waals surface area contributed by atoms with Crippen LogP contribution in [-0.2, 0) is 19.6 Å². The fraction of sp³-hybridized carbons (Fsp3) is 0.259. The maximum Gasteiger partial charge on any atom is 0.264 e. The van der Waals surface area contributed by atoms with Crippen molar-refractivity contribution >= 4 is 56.4 Å². The molecule has 0 radical (unpaired) electrons. The Kier molecular flexibility index (Phi) is 8.94. The first-order valence-electron chi connectivity index (χ1n) is 12.0. The lowest BCUT2D eigenvalue weighted by Gasteiger charge is -2.25. The molecule has 3 aromatic rings. The van der Waals surface area contributed by atoms with Gasteiger partial charge in [-0.05, 0) is 62.2 Å². The number of sulfonamides is 1. The molecule has 200 valence electrons. The van der Waals surface area contributed by atoms with E-state index < -0.39 is 22.5 Å². The van der Waals surface area contributed by atoms with E-state index in [0.717, 1.165) is 22.7 Å². The van der Waals surface area contributed by atoms with Gasteiger partial charge in [0.2, 0.25) is 5.91 Å². The first kappa shape index (κ1) is 27.9. The van der Waals surface area contributed by atoms with Crippen LogP contribution in [0.15, 0.2) is 71.6 Å². The topological polar surface area (TPSA) is 105 Å². The molecular weight excluding hydrogens is 549 g/mol. The summed E-state index contributed by atoms with van der Waals surface area (Å²) in [5.41, 5.74) is 1.42. The number of nitrogens with one attached hydrogen (secondary N) is 2. The normalized spacial score (nSPS) is 15.2. The summed E-state index contributed by atoms with van der Waals surface area (Å²) in [6.45, 7) is 2.26. The smallest absolute Gasteiger partial charge is 0.264 e. The Morgan fingerprint density at radius 1 is 1.05 bits per heavy atom. The first-order chi connectivity index (χ1) is 18.1. The molecular formula is C27H27Cl2N3O5S. The zero-order chi connectivity index (χ0) is 27.3. The molecule has 4 rings (SSSR count). The third-order valence-electron chi connectivity index (χ3n) is 6.03. The van der Waals surface area contributed by atoms with Gasteiger partial charge in [-0.1, -0.05) is 53.0 Å². The van der Waals surface area contributed by atoms with Gasteiger partial charge in [0, 0.05) is 18.2 Å². The molecule has 2 amide bonds. The van der Waals surface area contributed by atoms with Crippen molar-refractivity contribution in [1.82, 2.24) is 5.32 Å². The lowest BCUT2D eigenvalue weighted by molar-refractivity contribution is -0.114. The van der Waals surface area contributed by atoms with Crippen LogP contribution in [0.25, 0.3) is 0 Å². The van der Waals surface area contributed by atoms with Crippen molar-refractivity contribution < 1.29 is 22.7 Å². The minimum absolute atomic E-state index is 0.0131. The van der Waals surface area contributed by atoms with Crippen LogP contribution >= 0.6 is 23.2 Å². The van der Waals surface area contributed by atoms with Gasteiger partial charge in [0.25, 0.3) is 15.9 Å². The molecule has 0 unspecified atom stereocenters. The Labute approximate surface area is 231 Å². The number of hydrogen-bond acceptors (Lipinski definition) is 5. The zero-order valence-electron chi connectivity index (χ0n) is 20.6. The molecule has 1 aliphatic rings. The van der Waals surface area contributed by atoms with E-state index in [0.29, 0.717) is 13.2 Å². The Hall–Kier alpha value is -3.11. The Morgan fingerprint density at radius 2 is 1.79 bits per heavy atom. The number of ether oxygens (including phenoxy) is 1. The van der Waals surface area contributed by atoms with E-state index in [-0.39, 0.29) is 43.9 Å². The van der Waals surface area contributed by atoms with Crippen molar-refractivity contribution in [2.24, 2.45) is 0 Å². The minimum atomic E-state index is -4.21. The van der Waals surface area contributed by atoms with Crippen LogP contribution < -0.4 is 14.9 Å². The maximum absolute atomic E-state index is 13.6. The maximum atomic E-state index is 13.6. The number of para-hydroxylation sites is 1. The average Bonchev–Trinajstić information content (AvgIpc) is 3.42. The molecule has 1 atom stereocenters. The zero-order valence-corrected chi connectivity index (χ0v) is 22.9. The van der Waals surface area contributed by atoms with Gasteiger partial charge >= 0.3 is 0 Å². The molecule has 1 heterocycles. The van der Waals surface area contributed by atoms with Crippen LogP contribution in [0.4, 0.5) is 11.4 Å². The predicted molar refractivity (Wildman–Crippen MR) is 149 cm³/mol. The summed E-state index contributed by atoms with van der Waals surface area (Å²) < 4.78 is 33.7. The summed E-state index contributed by atoms with van der Waals surface area (Å²) in [4.78, 5) is 26.1. The summed E-state index contributed by atoms with van der Waals surface area (Å²) in [6, 6.07) is 17.1. The molecule has 3 aromatic carbocycles. The molecule has 38 heavy (non-hydrogen) atoms. The highest BCUT2D eigenvalue weighted by atomic mass is 35.5. The van der Waals surface area contributed by atoms with Crippen molar-refractivity contribution in [3.05, 3.63) is 87.9 Å². The number of hydrogen-bond donors (Lipinski definition) is 2. The number of benzene rings is 3. The lowest BCUT2D eigenvalue weighted by atomic mass is 10.1. The van der Waals surface area contributed by atoms with Gasteiger partial charge in [-0.2, -0.15) is 0 Å². The fourth-order valence-electron chi connectivity index (χ4n) is 4.03. The minimum Gasteiger partial charge on any atom is -0.376 e. The Balaban J connectivity index is 1.59. The van der Waals surface area contributed by atoms with Crippen LogP contribution in [-0.4, -0.2) is 46.0 Å². The SMILES string of the molecule is Cc1ccc(S(=O)(=O)N(CC(=O)Nc2ccccc2C(=O)NC[C@H]2CCCO2)c2cc(Cl)ccc2Cl)cc1. The van der Waals surface area contributed by atoms with Gasteiger partial charge in [-0.3, -0.25) is 13.9 Å². The molecule has 1 fully saturated rings. The van der Waals surface area contributed by atoms with E-state index in [1.807, 2.05) is 6.92 Å². The van der Waals surface area contributed by atoms with Gasteiger partial charge in [-0.15, -0.1) is 0 Å². The number of carbonyl (C=O) groups excluding carboxylic acids is 2. The fourth-order valence-corrected chi connectivity index (χ4v) is 5.90. The molecule has 0 aliphatic carbocycles. The second kappa shape index (κ2) is 12.2. The predicted octanol–water partition coefficient (Wildman–Crippen LogP) is 5.04. The molecule has 0 spiro atoms. The number of amides is 2. The van der Waals surface area contributed by atoms with Crippen molar-refractivity contribution in [2.75, 3.05) is 29.3 Å². The summed E-state index contributed by atoms with van der Waals surface area (Å²) in [6.07, 6.45) is 1.78. The summed E-state index contributed by atoms with van der Waals surface area (Å²) in [5.74, 6) is -1.05. The van der Waals surface area contributed by atoms with Gasteiger partial charge in [-0.25, -0.2) is 8.42 Å². The summed E-state index contributed by atoms with van der Waals surface area (Å²) in [7, 11) is -4.21. The number of aryl methyl sites for hydroxylation is 1. The Bertz CT molecular complexity index is 1420. The van der Waals surface area contributed by atoms with Crippen molar-refractivity contribution in [3.63, 3.8) is 0 Å². The number of anilines is 2. The van der Waals surface area contributed by atoms with Gasteiger partial charge in [0.05, 0.1) is 33.0 Å². The Morgan fingerprint density at radius 3 is 2.50 bits per heavy atom. The lowest BCUT2D eigenvalue weighted by Crippen LogP contribution is -2.38.